The van der Waals surface area contributed by atoms with Crippen LogP contribution >= 0.6 is 0 Å². The molecule has 3 aliphatic heterocycles. The van der Waals surface area contributed by atoms with Crippen LogP contribution in [0.25, 0.3) is 39.3 Å². The highest BCUT2D eigenvalue weighted by Gasteiger charge is 2.37. The number of imide groups is 1. The minimum Gasteiger partial charge on any atom is -0.355 e. The molecule has 2 amide bonds. The van der Waals surface area contributed by atoms with E-state index in [1.54, 1.807) is 0 Å². The molecule has 0 aromatic carbocycles. The summed E-state index contributed by atoms with van der Waals surface area (Å²) in [6.07, 6.45) is 3.27. The predicted octanol–water partition coefficient (Wildman–Crippen LogP) is 6.93. The molecule has 1 fully saturated rings. The zero-order valence-electron chi connectivity index (χ0n) is 27.3. The van der Waals surface area contributed by atoms with Gasteiger partial charge in [0.1, 0.15) is 0 Å². The molecule has 10 nitrogen and oxygen atoms in total. The van der Waals surface area contributed by atoms with Crippen molar-refractivity contribution in [2.45, 2.75) is 85.0 Å². The Morgan fingerprint density at radius 3 is 2.40 bits per heavy atom. The van der Waals surface area contributed by atoms with Crippen LogP contribution in [-0.2, 0) is 25.6 Å². The highest BCUT2D eigenvalue weighted by atomic mass is 16.7. The van der Waals surface area contributed by atoms with Crippen molar-refractivity contribution in [1.82, 2.24) is 25.0 Å². The summed E-state index contributed by atoms with van der Waals surface area (Å²) in [4.78, 5) is 73.1. The molecule has 10 heteroatoms. The number of allylic oxidation sites excluding steroid dienone is 2. The number of fused-ring (bicyclic) bond motifs is 8. The Morgan fingerprint density at radius 1 is 1.00 bits per heavy atom. The number of ketones is 1. The first-order chi connectivity index (χ1) is 22.5. The van der Waals surface area contributed by atoms with Gasteiger partial charge in [-0.25, -0.2) is 9.78 Å². The molecule has 1 unspecified atom stereocenters. The molecule has 0 saturated carbocycles. The average Bonchev–Trinajstić information content (AvgIpc) is 3.84. The van der Waals surface area contributed by atoms with Crippen molar-refractivity contribution in [3.8, 4) is 0 Å². The van der Waals surface area contributed by atoms with E-state index >= 15 is 0 Å². The number of hydrogen-bond donors (Lipinski definition) is 2. The zero-order valence-corrected chi connectivity index (χ0v) is 27.3. The van der Waals surface area contributed by atoms with E-state index in [1.165, 1.54) is 0 Å². The SMILES string of the molecule is C=Cc1c(C)c2cc3nc(c4c5[nH]c(cc6nc(cc1[nH]2)C(C)=C6CC)c(C)c5C(=O)C4)C(CCC(=O)ON1C(=O)CCC1=O)[C@@H]3C. The maximum atomic E-state index is 13.6. The molecule has 1 saturated heterocycles. The fourth-order valence-corrected chi connectivity index (χ4v) is 7.51. The predicted molar refractivity (Wildman–Crippen MR) is 179 cm³/mol. The van der Waals surface area contributed by atoms with Gasteiger partial charge in [-0.05, 0) is 74.1 Å². The third-order valence-electron chi connectivity index (χ3n) is 10.2. The monoisotopic (exact) mass is 631 g/mol. The molecule has 6 heterocycles. The third kappa shape index (κ3) is 4.85. The van der Waals surface area contributed by atoms with Gasteiger partial charge in [0.25, 0.3) is 11.8 Å². The van der Waals surface area contributed by atoms with Gasteiger partial charge in [-0.2, -0.15) is 0 Å². The number of H-pyrrole nitrogens is 2. The van der Waals surface area contributed by atoms with Crippen molar-refractivity contribution < 1.29 is 24.0 Å². The van der Waals surface area contributed by atoms with Crippen LogP contribution in [0.2, 0.25) is 0 Å². The van der Waals surface area contributed by atoms with Crippen LogP contribution in [0.1, 0.15) is 120 Å². The number of hydrogen-bond acceptors (Lipinski definition) is 7. The minimum absolute atomic E-state index is 0.0263. The number of aromatic amines is 2. The van der Waals surface area contributed by atoms with E-state index in [9.17, 15) is 19.2 Å². The molecule has 1 aliphatic carbocycles. The fraction of sp³-hybridized carbons (Fsp3) is 0.351. The molecular formula is C37H37N5O5. The number of carbonyl (C=O) groups is 4. The highest BCUT2D eigenvalue weighted by Crippen LogP contribution is 2.44. The van der Waals surface area contributed by atoms with Gasteiger partial charge in [0.05, 0.1) is 22.6 Å². The lowest BCUT2D eigenvalue weighted by atomic mass is 9.85. The Kier molecular flexibility index (Phi) is 7.33. The molecule has 47 heavy (non-hydrogen) atoms. The Labute approximate surface area is 271 Å². The van der Waals surface area contributed by atoms with Gasteiger partial charge in [-0.15, -0.1) is 5.06 Å². The van der Waals surface area contributed by atoms with Crippen LogP contribution in [0.3, 0.4) is 0 Å². The van der Waals surface area contributed by atoms with Crippen molar-refractivity contribution in [1.29, 1.82) is 0 Å². The van der Waals surface area contributed by atoms with E-state index in [-0.39, 0.29) is 43.3 Å². The lowest BCUT2D eigenvalue weighted by molar-refractivity contribution is -0.197. The maximum absolute atomic E-state index is 13.6. The molecule has 2 N–H and O–H groups in total. The molecule has 4 aliphatic rings. The van der Waals surface area contributed by atoms with E-state index < -0.39 is 17.8 Å². The van der Waals surface area contributed by atoms with Gasteiger partial charge in [0.15, 0.2) is 5.78 Å². The number of hydroxylamine groups is 2. The summed E-state index contributed by atoms with van der Waals surface area (Å²) in [6, 6.07) is 6.14. The summed E-state index contributed by atoms with van der Waals surface area (Å²) >= 11 is 0. The summed E-state index contributed by atoms with van der Waals surface area (Å²) < 4.78 is 0. The van der Waals surface area contributed by atoms with E-state index in [2.05, 4.69) is 43.4 Å². The number of amides is 2. The quantitative estimate of drug-likeness (QED) is 0.281. The summed E-state index contributed by atoms with van der Waals surface area (Å²) in [5, 5.41) is 0.583. The third-order valence-corrected chi connectivity index (χ3v) is 10.2. The van der Waals surface area contributed by atoms with Crippen molar-refractivity contribution in [3.05, 3.63) is 75.4 Å². The number of nitrogens with zero attached hydrogens (tertiary/aromatic N) is 3. The van der Waals surface area contributed by atoms with Crippen LogP contribution < -0.4 is 0 Å². The van der Waals surface area contributed by atoms with Crippen LogP contribution in [0.4, 0.5) is 0 Å². The fourth-order valence-electron chi connectivity index (χ4n) is 7.51. The number of aryl methyl sites for hydroxylation is 2. The van der Waals surface area contributed by atoms with Crippen LogP contribution in [0.15, 0.2) is 24.8 Å². The summed E-state index contributed by atoms with van der Waals surface area (Å²) in [5.41, 5.74) is 13.4. The maximum Gasteiger partial charge on any atom is 0.333 e. The highest BCUT2D eigenvalue weighted by molar-refractivity contribution is 6.13. The lowest BCUT2D eigenvalue weighted by Gasteiger charge is -2.18. The first-order valence-electron chi connectivity index (χ1n) is 16.2. The molecule has 3 aromatic rings. The van der Waals surface area contributed by atoms with Crippen LogP contribution in [-0.4, -0.2) is 48.6 Å². The summed E-state index contributed by atoms with van der Waals surface area (Å²) in [7, 11) is 0. The van der Waals surface area contributed by atoms with Gasteiger partial charge < -0.3 is 14.8 Å². The van der Waals surface area contributed by atoms with E-state index in [1.807, 2.05) is 32.1 Å². The average molecular weight is 632 g/mol. The van der Waals surface area contributed by atoms with E-state index in [0.29, 0.717) is 17.0 Å². The molecule has 0 radical (unpaired) electrons. The van der Waals surface area contributed by atoms with Gasteiger partial charge in [-0.3, -0.25) is 19.4 Å². The van der Waals surface area contributed by atoms with Crippen molar-refractivity contribution in [3.63, 3.8) is 0 Å². The smallest absolute Gasteiger partial charge is 0.333 e. The second kappa shape index (κ2) is 11.3. The van der Waals surface area contributed by atoms with Crippen LogP contribution in [0.5, 0.6) is 0 Å². The van der Waals surface area contributed by atoms with E-state index in [0.717, 1.165) is 84.7 Å². The normalized spacial score (nSPS) is 18.9. The van der Waals surface area contributed by atoms with Gasteiger partial charge in [0.2, 0.25) is 0 Å². The molecule has 2 atom stereocenters. The Balaban J connectivity index is 1.44. The standard InChI is InChI=1S/C37H37N5O5/c1-7-21-17(3)25-14-27-19(5)23(9-12-34(46)47-42-32(44)10-11-33(42)45)36(40-27)24-13-31(43)35-20(6)28(41-37(24)35)16-30-22(8-2)18(4)26(39-30)15-29(21)38-25/h7,14-16,19,23,38,41H,1,8-13H2,2-6H3/t19-,23?/m0/s1. The van der Waals surface area contributed by atoms with E-state index in [4.69, 9.17) is 14.8 Å². The van der Waals surface area contributed by atoms with Gasteiger partial charge in [0, 0.05) is 76.5 Å². The topological polar surface area (TPSA) is 138 Å². The number of Topliss-reactive ketones (excluding diaryl/α,β-unsaturated/α-hetero) is 1. The summed E-state index contributed by atoms with van der Waals surface area (Å²) in [6.45, 7) is 14.4. The van der Waals surface area contributed by atoms with Gasteiger partial charge >= 0.3 is 5.97 Å². The molecular weight excluding hydrogens is 594 g/mol. The number of aromatic nitrogens is 4. The Bertz CT molecular complexity index is 2130. The number of carbonyl (C=O) groups excluding carboxylic acids is 4. The lowest BCUT2D eigenvalue weighted by Crippen LogP contribution is -2.32. The molecule has 8 bridgehead atoms. The Morgan fingerprint density at radius 2 is 1.70 bits per heavy atom. The minimum atomic E-state index is -0.656. The second-order valence-corrected chi connectivity index (χ2v) is 12.9. The van der Waals surface area contributed by atoms with Crippen molar-refractivity contribution >= 4 is 62.9 Å². The number of rotatable bonds is 6. The van der Waals surface area contributed by atoms with Crippen LogP contribution in [0, 0.1) is 13.8 Å². The molecule has 7 rings (SSSR count). The van der Waals surface area contributed by atoms with Crippen molar-refractivity contribution in [2.75, 3.05) is 0 Å². The first kappa shape index (κ1) is 30.5. The largest absolute Gasteiger partial charge is 0.355 e. The van der Waals surface area contributed by atoms with Crippen molar-refractivity contribution in [2.24, 2.45) is 0 Å². The number of nitrogens with one attached hydrogen (secondary N) is 2. The summed E-state index contributed by atoms with van der Waals surface area (Å²) in [5.74, 6) is -1.97. The molecule has 0 spiro atoms. The Hall–Kier alpha value is -5.12. The first-order valence-corrected chi connectivity index (χ1v) is 16.2. The van der Waals surface area contributed by atoms with Gasteiger partial charge in [-0.1, -0.05) is 26.5 Å². The molecule has 3 aromatic heterocycles. The second-order valence-electron chi connectivity index (χ2n) is 12.9. The zero-order chi connectivity index (χ0) is 33.3. The molecule has 240 valence electrons.